The van der Waals surface area contributed by atoms with Gasteiger partial charge in [-0.05, 0) is 42.5 Å². The largest absolute Gasteiger partial charge is 0.481 e. The summed E-state index contributed by atoms with van der Waals surface area (Å²) in [6.45, 7) is 5.63. The summed E-state index contributed by atoms with van der Waals surface area (Å²) in [6.07, 6.45) is 3.99. The standard InChI is InChI=1S/C26H33N5O7S/c1-26(2,3)22(30-23(34)19-10-9-17-18(29-19)7-5-12-27-17)25(36)31-13-6-8-20(31)24(35)28-16(15-21(32)33)11-14-39(4,37)38/h5,7,9-12,14,16,20,22H,6,8,13,15H2,1-4H3,(H,28,35)(H,30,34)(H,32,33)/b14-11+/t16-,20-,22-/m1/s1. The highest BCUT2D eigenvalue weighted by Gasteiger charge is 2.42. The molecule has 1 aliphatic heterocycles. The molecule has 0 bridgehead atoms. The number of pyridine rings is 2. The van der Waals surface area contributed by atoms with Crippen LogP contribution in [0.5, 0.6) is 0 Å². The smallest absolute Gasteiger partial charge is 0.305 e. The highest BCUT2D eigenvalue weighted by Crippen LogP contribution is 2.26. The molecule has 39 heavy (non-hydrogen) atoms. The van der Waals surface area contributed by atoms with Gasteiger partial charge in [0.1, 0.15) is 17.8 Å². The van der Waals surface area contributed by atoms with Gasteiger partial charge >= 0.3 is 5.97 Å². The zero-order valence-electron chi connectivity index (χ0n) is 22.2. The highest BCUT2D eigenvalue weighted by atomic mass is 32.2. The summed E-state index contributed by atoms with van der Waals surface area (Å²) in [6, 6.07) is 3.62. The summed E-state index contributed by atoms with van der Waals surface area (Å²) in [5.74, 6) is -2.85. The molecule has 0 aliphatic carbocycles. The van der Waals surface area contributed by atoms with Crippen LogP contribution in [-0.2, 0) is 24.2 Å². The van der Waals surface area contributed by atoms with Crippen molar-refractivity contribution in [2.24, 2.45) is 5.41 Å². The van der Waals surface area contributed by atoms with Gasteiger partial charge in [0, 0.05) is 24.4 Å². The van der Waals surface area contributed by atoms with Crippen LogP contribution in [0.25, 0.3) is 11.0 Å². The molecule has 3 N–H and O–H groups in total. The zero-order valence-corrected chi connectivity index (χ0v) is 23.1. The van der Waals surface area contributed by atoms with E-state index in [2.05, 4.69) is 20.6 Å². The van der Waals surface area contributed by atoms with E-state index < -0.39 is 63.5 Å². The molecule has 0 aromatic carbocycles. The minimum absolute atomic E-state index is 0.113. The third kappa shape index (κ3) is 8.06. The van der Waals surface area contributed by atoms with Crippen molar-refractivity contribution >= 4 is 44.6 Å². The number of rotatable bonds is 9. The van der Waals surface area contributed by atoms with Crippen molar-refractivity contribution in [1.29, 1.82) is 0 Å². The third-order valence-corrected chi connectivity index (χ3v) is 6.85. The van der Waals surface area contributed by atoms with E-state index in [1.165, 1.54) is 11.0 Å². The van der Waals surface area contributed by atoms with Gasteiger partial charge < -0.3 is 20.6 Å². The summed E-state index contributed by atoms with van der Waals surface area (Å²) < 4.78 is 23.0. The molecule has 0 spiro atoms. The van der Waals surface area contributed by atoms with Gasteiger partial charge in [-0.25, -0.2) is 13.4 Å². The highest BCUT2D eigenvalue weighted by molar-refractivity contribution is 7.93. The van der Waals surface area contributed by atoms with Crippen molar-refractivity contribution < 1.29 is 32.7 Å². The van der Waals surface area contributed by atoms with E-state index in [1.807, 2.05) is 0 Å². The summed E-state index contributed by atoms with van der Waals surface area (Å²) in [5.41, 5.74) is 0.540. The SMILES string of the molecule is CC(C)(C)[C@H](NC(=O)c1ccc2ncccc2n1)C(=O)N1CCC[C@@H]1C(=O)N[C@H](/C=C/S(C)(=O)=O)CC(=O)O. The van der Waals surface area contributed by atoms with Crippen molar-refractivity contribution in [3.8, 4) is 0 Å². The number of amides is 3. The molecule has 0 unspecified atom stereocenters. The van der Waals surface area contributed by atoms with Crippen LogP contribution >= 0.6 is 0 Å². The number of carboxylic acid groups (broad SMARTS) is 1. The summed E-state index contributed by atoms with van der Waals surface area (Å²) >= 11 is 0. The van der Waals surface area contributed by atoms with Crippen LogP contribution in [0.2, 0.25) is 0 Å². The van der Waals surface area contributed by atoms with E-state index in [4.69, 9.17) is 0 Å². The average molecular weight is 560 g/mol. The predicted molar refractivity (Wildman–Crippen MR) is 143 cm³/mol. The first-order valence-corrected chi connectivity index (χ1v) is 14.3. The number of sulfone groups is 1. The molecule has 1 fully saturated rings. The Bertz CT molecular complexity index is 1400. The van der Waals surface area contributed by atoms with E-state index in [0.29, 0.717) is 23.9 Å². The number of fused-ring (bicyclic) bond motifs is 1. The monoisotopic (exact) mass is 559 g/mol. The minimum Gasteiger partial charge on any atom is -0.481 e. The number of hydrogen-bond donors (Lipinski definition) is 3. The fraction of sp³-hybridized carbons (Fsp3) is 0.462. The maximum Gasteiger partial charge on any atom is 0.305 e. The molecule has 13 heteroatoms. The van der Waals surface area contributed by atoms with Crippen LogP contribution in [0.15, 0.2) is 41.9 Å². The van der Waals surface area contributed by atoms with E-state index in [0.717, 1.165) is 17.7 Å². The number of aliphatic carboxylic acids is 1. The first kappa shape index (κ1) is 29.7. The number of carbonyl (C=O) groups excluding carboxylic acids is 3. The van der Waals surface area contributed by atoms with Gasteiger partial charge in [0.15, 0.2) is 9.84 Å². The molecule has 1 saturated heterocycles. The van der Waals surface area contributed by atoms with Crippen molar-refractivity contribution in [2.45, 2.75) is 58.2 Å². The van der Waals surface area contributed by atoms with E-state index in [9.17, 15) is 32.7 Å². The lowest BCUT2D eigenvalue weighted by molar-refractivity contribution is -0.142. The van der Waals surface area contributed by atoms with Crippen molar-refractivity contribution in [3.05, 3.63) is 47.6 Å². The second-order valence-corrected chi connectivity index (χ2v) is 12.5. The van der Waals surface area contributed by atoms with E-state index >= 15 is 0 Å². The maximum atomic E-state index is 13.7. The van der Waals surface area contributed by atoms with E-state index in [-0.39, 0.29) is 12.2 Å². The molecule has 12 nitrogen and oxygen atoms in total. The first-order valence-electron chi connectivity index (χ1n) is 12.4. The van der Waals surface area contributed by atoms with Gasteiger partial charge in [0.25, 0.3) is 5.91 Å². The Morgan fingerprint density at radius 3 is 2.51 bits per heavy atom. The molecule has 2 aromatic heterocycles. The fourth-order valence-corrected chi connectivity index (χ4v) is 4.75. The number of likely N-dealkylation sites (tertiary alicyclic amines) is 1. The Hall–Kier alpha value is -3.87. The molecule has 3 atom stereocenters. The quantitative estimate of drug-likeness (QED) is 0.408. The van der Waals surface area contributed by atoms with Gasteiger partial charge in [-0.1, -0.05) is 26.8 Å². The Labute approximate surface area is 226 Å². The second kappa shape index (κ2) is 11.9. The molecule has 3 amide bonds. The molecule has 0 radical (unpaired) electrons. The Morgan fingerprint density at radius 1 is 1.15 bits per heavy atom. The predicted octanol–water partition coefficient (Wildman–Crippen LogP) is 1.28. The molecule has 3 heterocycles. The molecule has 2 aromatic rings. The molecular weight excluding hydrogens is 526 g/mol. The third-order valence-electron chi connectivity index (χ3n) is 6.20. The number of aromatic nitrogens is 2. The topological polar surface area (TPSA) is 176 Å². The number of nitrogens with one attached hydrogen (secondary N) is 2. The Morgan fingerprint density at radius 2 is 1.87 bits per heavy atom. The van der Waals surface area contributed by atoms with E-state index in [1.54, 1.807) is 45.2 Å². The summed E-state index contributed by atoms with van der Waals surface area (Å²) in [7, 11) is -3.55. The zero-order chi connectivity index (χ0) is 29.0. The fourth-order valence-electron chi connectivity index (χ4n) is 4.28. The number of nitrogens with zero attached hydrogens (tertiary/aromatic N) is 3. The Kier molecular flexibility index (Phi) is 9.05. The van der Waals surface area contributed by atoms with Crippen LogP contribution in [0.4, 0.5) is 0 Å². The molecule has 3 rings (SSSR count). The van der Waals surface area contributed by atoms with Crippen LogP contribution in [0, 0.1) is 5.41 Å². The lowest BCUT2D eigenvalue weighted by Gasteiger charge is -2.35. The van der Waals surface area contributed by atoms with Crippen LogP contribution in [-0.4, -0.2) is 83.0 Å². The second-order valence-electron chi connectivity index (χ2n) is 10.6. The first-order chi connectivity index (χ1) is 18.2. The van der Waals surface area contributed by atoms with Gasteiger partial charge in [0.05, 0.1) is 23.5 Å². The van der Waals surface area contributed by atoms with Gasteiger partial charge in [-0.3, -0.25) is 24.2 Å². The van der Waals surface area contributed by atoms with Gasteiger partial charge in [-0.2, -0.15) is 0 Å². The minimum atomic E-state index is -3.55. The Balaban J connectivity index is 1.79. The van der Waals surface area contributed by atoms with Crippen molar-refractivity contribution in [1.82, 2.24) is 25.5 Å². The van der Waals surface area contributed by atoms with Crippen LogP contribution < -0.4 is 10.6 Å². The number of carboxylic acids is 1. The lowest BCUT2D eigenvalue weighted by atomic mass is 9.85. The molecular formula is C26H33N5O7S. The van der Waals surface area contributed by atoms with Crippen LogP contribution in [0.1, 0.15) is 50.5 Å². The van der Waals surface area contributed by atoms with Crippen molar-refractivity contribution in [3.63, 3.8) is 0 Å². The summed E-state index contributed by atoms with van der Waals surface area (Å²) in [4.78, 5) is 61.1. The lowest BCUT2D eigenvalue weighted by Crippen LogP contribution is -2.58. The normalized spacial score (nSPS) is 17.6. The molecule has 0 saturated carbocycles. The van der Waals surface area contributed by atoms with Crippen molar-refractivity contribution in [2.75, 3.05) is 12.8 Å². The van der Waals surface area contributed by atoms with Gasteiger partial charge in [0.2, 0.25) is 11.8 Å². The maximum absolute atomic E-state index is 13.7. The molecule has 210 valence electrons. The number of carbonyl (C=O) groups is 4. The van der Waals surface area contributed by atoms with Crippen LogP contribution in [0.3, 0.4) is 0 Å². The molecule has 1 aliphatic rings. The average Bonchev–Trinajstić information content (AvgIpc) is 3.34. The van der Waals surface area contributed by atoms with Gasteiger partial charge in [-0.15, -0.1) is 0 Å². The number of hydrogen-bond acceptors (Lipinski definition) is 8. The summed E-state index contributed by atoms with van der Waals surface area (Å²) in [5, 5.41) is 15.3.